The van der Waals surface area contributed by atoms with Crippen molar-refractivity contribution in [3.8, 4) is 0 Å². The first-order valence-corrected chi connectivity index (χ1v) is 12.5. The second-order valence-corrected chi connectivity index (χ2v) is 13.5. The monoisotopic (exact) mass is 409 g/mol. The molecule has 5 heteroatoms. The largest absolute Gasteiger partial charge is 0.442 e. The molecule has 2 aromatic carbocycles. The fourth-order valence-corrected chi connectivity index (χ4v) is 9.69. The van der Waals surface area contributed by atoms with Gasteiger partial charge in [0, 0.05) is 6.54 Å². The maximum Gasteiger partial charge on any atom is 0.325 e. The van der Waals surface area contributed by atoms with Crippen LogP contribution < -0.4 is 10.4 Å². The predicted molar refractivity (Wildman–Crippen MR) is 118 cm³/mol. The number of cyclic esters (lactones) is 1. The van der Waals surface area contributed by atoms with Gasteiger partial charge < -0.3 is 9.16 Å². The van der Waals surface area contributed by atoms with Gasteiger partial charge >= 0.3 is 5.97 Å². The Kier molecular flexibility index (Phi) is 5.40. The Labute approximate surface area is 175 Å². The highest BCUT2D eigenvalue weighted by Gasteiger charge is 2.54. The van der Waals surface area contributed by atoms with E-state index < -0.39 is 8.32 Å². The third-order valence-electron chi connectivity index (χ3n) is 6.31. The molecule has 0 aromatic heterocycles. The molecular formula is C24H31NO3Si. The molecule has 0 unspecified atom stereocenters. The van der Waals surface area contributed by atoms with Gasteiger partial charge in [0.25, 0.3) is 8.32 Å². The minimum atomic E-state index is -2.66. The Bertz CT molecular complexity index is 810. The Morgan fingerprint density at radius 1 is 1.03 bits per heavy atom. The van der Waals surface area contributed by atoms with Crippen LogP contribution in [0.25, 0.3) is 0 Å². The zero-order valence-corrected chi connectivity index (χ0v) is 18.8. The second-order valence-electron chi connectivity index (χ2n) is 9.21. The summed E-state index contributed by atoms with van der Waals surface area (Å²) in [5.41, 5.74) is 0. The molecule has 0 N–H and O–H groups in total. The third kappa shape index (κ3) is 3.45. The molecule has 4 nitrogen and oxygen atoms in total. The van der Waals surface area contributed by atoms with Gasteiger partial charge in [0.2, 0.25) is 0 Å². The van der Waals surface area contributed by atoms with E-state index in [9.17, 15) is 4.79 Å². The first-order valence-electron chi connectivity index (χ1n) is 10.6. The van der Waals surface area contributed by atoms with Gasteiger partial charge in [0.1, 0.15) is 6.04 Å². The Morgan fingerprint density at radius 2 is 1.59 bits per heavy atom. The van der Waals surface area contributed by atoms with Crippen molar-refractivity contribution in [2.24, 2.45) is 0 Å². The Morgan fingerprint density at radius 3 is 2.10 bits per heavy atom. The fraction of sp³-hybridized carbons (Fsp3) is 0.458. The Balaban J connectivity index is 1.78. The summed E-state index contributed by atoms with van der Waals surface area (Å²) in [5, 5.41) is 2.39. The second kappa shape index (κ2) is 7.71. The van der Waals surface area contributed by atoms with Crippen LogP contribution in [0, 0.1) is 0 Å². The average molecular weight is 410 g/mol. The van der Waals surface area contributed by atoms with E-state index in [0.717, 1.165) is 19.4 Å². The lowest BCUT2D eigenvalue weighted by atomic mass is 10.2. The van der Waals surface area contributed by atoms with Gasteiger partial charge in [-0.05, 0) is 35.2 Å². The first-order chi connectivity index (χ1) is 13.8. The normalized spacial score (nSPS) is 23.7. The minimum Gasteiger partial charge on any atom is -0.442 e. The fourth-order valence-electron chi connectivity index (χ4n) is 5.01. The van der Waals surface area contributed by atoms with E-state index in [1.165, 1.54) is 10.4 Å². The average Bonchev–Trinajstić information content (AvgIpc) is 3.30. The maximum atomic E-state index is 12.4. The first kappa shape index (κ1) is 20.3. The number of benzene rings is 2. The summed E-state index contributed by atoms with van der Waals surface area (Å²) in [7, 11) is -2.66. The van der Waals surface area contributed by atoms with Crippen LogP contribution in [0.2, 0.25) is 5.04 Å². The molecule has 0 radical (unpaired) electrons. The summed E-state index contributed by atoms with van der Waals surface area (Å²) < 4.78 is 12.9. The molecule has 0 saturated carbocycles. The summed E-state index contributed by atoms with van der Waals surface area (Å²) in [6, 6.07) is 21.1. The lowest BCUT2D eigenvalue weighted by Crippen LogP contribution is -2.68. The number of carbonyl (C=O) groups excluding carboxylic acids is 1. The van der Waals surface area contributed by atoms with Gasteiger partial charge in [-0.2, -0.15) is 0 Å². The number of ether oxygens (including phenoxy) is 1. The number of fused-ring (bicyclic) bond motifs is 1. The van der Waals surface area contributed by atoms with Gasteiger partial charge in [-0.3, -0.25) is 9.69 Å². The summed E-state index contributed by atoms with van der Waals surface area (Å²) >= 11 is 0. The molecule has 0 spiro atoms. The summed E-state index contributed by atoms with van der Waals surface area (Å²) in [4.78, 5) is 14.6. The van der Waals surface area contributed by atoms with Crippen molar-refractivity contribution in [1.82, 2.24) is 4.90 Å². The predicted octanol–water partition coefficient (Wildman–Crippen LogP) is 3.30. The van der Waals surface area contributed by atoms with E-state index in [0.29, 0.717) is 0 Å². The summed E-state index contributed by atoms with van der Waals surface area (Å²) in [5.74, 6) is -0.0922. The van der Waals surface area contributed by atoms with Gasteiger partial charge in [-0.1, -0.05) is 81.4 Å². The molecule has 154 valence electrons. The molecule has 0 aliphatic carbocycles. The van der Waals surface area contributed by atoms with Crippen LogP contribution in [-0.2, 0) is 14.0 Å². The van der Waals surface area contributed by atoms with Gasteiger partial charge in [0.15, 0.2) is 6.23 Å². The third-order valence-corrected chi connectivity index (χ3v) is 11.4. The molecule has 3 atom stereocenters. The van der Waals surface area contributed by atoms with Crippen molar-refractivity contribution >= 4 is 24.7 Å². The van der Waals surface area contributed by atoms with Crippen LogP contribution in [-0.4, -0.2) is 44.1 Å². The van der Waals surface area contributed by atoms with E-state index in [2.05, 4.69) is 81.1 Å². The minimum absolute atomic E-state index is 0.0922. The molecular weight excluding hydrogens is 378 g/mol. The van der Waals surface area contributed by atoms with Crippen molar-refractivity contribution in [2.75, 3.05) is 6.54 Å². The van der Waals surface area contributed by atoms with Crippen LogP contribution in [0.3, 0.4) is 0 Å². The van der Waals surface area contributed by atoms with E-state index in [1.54, 1.807) is 0 Å². The number of hydrogen-bond donors (Lipinski definition) is 0. The summed E-state index contributed by atoms with van der Waals surface area (Å²) in [6.45, 7) is 9.77. The smallest absolute Gasteiger partial charge is 0.325 e. The topological polar surface area (TPSA) is 38.8 Å². The zero-order valence-electron chi connectivity index (χ0n) is 17.8. The molecule has 0 amide bonds. The summed E-state index contributed by atoms with van der Waals surface area (Å²) in [6.07, 6.45) is 1.41. The lowest BCUT2D eigenvalue weighted by Gasteiger charge is -2.45. The number of hydrogen-bond acceptors (Lipinski definition) is 4. The van der Waals surface area contributed by atoms with E-state index in [-0.39, 0.29) is 29.4 Å². The van der Waals surface area contributed by atoms with Gasteiger partial charge in [-0.25, -0.2) is 0 Å². The highest BCUT2D eigenvalue weighted by atomic mass is 28.4. The van der Waals surface area contributed by atoms with Gasteiger partial charge in [-0.15, -0.1) is 0 Å². The number of carbonyl (C=O) groups is 1. The van der Waals surface area contributed by atoms with Crippen molar-refractivity contribution in [2.45, 2.75) is 63.9 Å². The van der Waals surface area contributed by atoms with Crippen molar-refractivity contribution < 1.29 is 14.0 Å². The molecule has 2 fully saturated rings. The SMILES string of the molecule is C[C@H](O[Si](c1ccccc1)(c1ccccc1)C(C)(C)C)[C@H]1OC(=O)[C@@H]2CCCN12. The van der Waals surface area contributed by atoms with Crippen LogP contribution in [0.1, 0.15) is 40.5 Å². The lowest BCUT2D eigenvalue weighted by molar-refractivity contribution is -0.147. The van der Waals surface area contributed by atoms with Gasteiger partial charge in [0.05, 0.1) is 6.10 Å². The van der Waals surface area contributed by atoms with Crippen LogP contribution in [0.5, 0.6) is 0 Å². The van der Waals surface area contributed by atoms with E-state index in [1.807, 2.05) is 12.1 Å². The highest BCUT2D eigenvalue weighted by molar-refractivity contribution is 6.99. The molecule has 2 aromatic rings. The maximum absolute atomic E-state index is 12.4. The standard InChI is InChI=1S/C24H31NO3Si/c1-18(22-25-17-11-16-21(25)23(26)27-22)28-29(24(2,3)4,19-12-7-5-8-13-19)20-14-9-6-10-15-20/h5-10,12-15,18,21-22H,11,16-17H2,1-4H3/t18-,21-,22+/m0/s1. The molecule has 29 heavy (non-hydrogen) atoms. The molecule has 2 heterocycles. The molecule has 2 saturated heterocycles. The van der Waals surface area contributed by atoms with Crippen molar-refractivity contribution in [1.29, 1.82) is 0 Å². The van der Waals surface area contributed by atoms with Crippen molar-refractivity contribution in [3.63, 3.8) is 0 Å². The van der Waals surface area contributed by atoms with Crippen LogP contribution >= 0.6 is 0 Å². The Hall–Kier alpha value is -1.95. The zero-order chi connectivity index (χ0) is 20.6. The number of rotatable bonds is 5. The number of nitrogens with zero attached hydrogens (tertiary/aromatic N) is 1. The molecule has 2 aliphatic rings. The van der Waals surface area contributed by atoms with E-state index >= 15 is 0 Å². The van der Waals surface area contributed by atoms with Crippen LogP contribution in [0.15, 0.2) is 60.7 Å². The molecule has 4 rings (SSSR count). The highest BCUT2D eigenvalue weighted by Crippen LogP contribution is 2.39. The number of esters is 1. The molecule has 0 bridgehead atoms. The molecule has 2 aliphatic heterocycles. The van der Waals surface area contributed by atoms with Crippen molar-refractivity contribution in [3.05, 3.63) is 60.7 Å². The van der Waals surface area contributed by atoms with Crippen LogP contribution in [0.4, 0.5) is 0 Å². The van der Waals surface area contributed by atoms with E-state index in [4.69, 9.17) is 9.16 Å². The quantitative estimate of drug-likeness (QED) is 0.561.